The maximum Gasteiger partial charge on any atom is 0.288 e. The van der Waals surface area contributed by atoms with Crippen LogP contribution in [-0.2, 0) is 0 Å². The lowest BCUT2D eigenvalue weighted by Gasteiger charge is -1.94. The summed E-state index contributed by atoms with van der Waals surface area (Å²) in [6.07, 6.45) is 0. The Balaban J connectivity index is 0.000000260. The second-order valence-corrected chi connectivity index (χ2v) is 4.39. The average Bonchev–Trinajstić information content (AvgIpc) is 2.66. The van der Waals surface area contributed by atoms with Gasteiger partial charge in [0.15, 0.2) is 0 Å². The van der Waals surface area contributed by atoms with Crippen molar-refractivity contribution in [2.24, 2.45) is 0 Å². The van der Waals surface area contributed by atoms with E-state index in [0.29, 0.717) is 0 Å². The van der Waals surface area contributed by atoms with Gasteiger partial charge >= 0.3 is 0 Å². The molecule has 10 nitrogen and oxygen atoms in total. The molecule has 0 heterocycles. The molecule has 26 heavy (non-hydrogen) atoms. The van der Waals surface area contributed by atoms with E-state index in [1.54, 1.807) is 24.3 Å². The van der Waals surface area contributed by atoms with Crippen LogP contribution in [0.1, 0.15) is 22.3 Å². The molecule has 0 aliphatic rings. The zero-order chi connectivity index (χ0) is 19.7. The highest BCUT2D eigenvalue weighted by molar-refractivity contribution is 5.57. The highest BCUT2D eigenvalue weighted by Gasteiger charge is 2.16. The molecular formula is C16H6N6O4. The number of benzene rings is 2. The van der Waals surface area contributed by atoms with E-state index in [1.807, 2.05) is 0 Å². The van der Waals surface area contributed by atoms with Crippen molar-refractivity contribution in [2.45, 2.75) is 0 Å². The van der Waals surface area contributed by atoms with Gasteiger partial charge in [-0.05, 0) is 12.1 Å². The van der Waals surface area contributed by atoms with Gasteiger partial charge in [0.05, 0.1) is 26.5 Å². The molecule has 0 N–H and O–H groups in total. The third kappa shape index (κ3) is 4.36. The zero-order valence-electron chi connectivity index (χ0n) is 12.8. The van der Waals surface area contributed by atoms with Crippen molar-refractivity contribution in [3.63, 3.8) is 0 Å². The summed E-state index contributed by atoms with van der Waals surface area (Å²) in [5, 5.41) is 54.8. The topological polar surface area (TPSA) is 181 Å². The number of non-ortho nitro benzene ring substituents is 1. The van der Waals surface area contributed by atoms with E-state index >= 15 is 0 Å². The number of hydrogen-bond donors (Lipinski definition) is 0. The maximum absolute atomic E-state index is 10.4. The van der Waals surface area contributed by atoms with Crippen molar-refractivity contribution in [1.29, 1.82) is 21.0 Å². The summed E-state index contributed by atoms with van der Waals surface area (Å²) in [5.74, 6) is 0. The number of nitrogens with zero attached hydrogens (tertiary/aromatic N) is 6. The van der Waals surface area contributed by atoms with Crippen LogP contribution in [0.5, 0.6) is 0 Å². The lowest BCUT2D eigenvalue weighted by Crippen LogP contribution is -1.94. The average molecular weight is 346 g/mol. The Bertz CT molecular complexity index is 1040. The molecule has 0 bridgehead atoms. The molecule has 0 unspecified atom stereocenters. The minimum atomic E-state index is -0.681. The van der Waals surface area contributed by atoms with Gasteiger partial charge in [0.2, 0.25) is 0 Å². The fraction of sp³-hybridized carbons (Fsp3) is 0. The van der Waals surface area contributed by atoms with Gasteiger partial charge in [-0.1, -0.05) is 6.07 Å². The summed E-state index contributed by atoms with van der Waals surface area (Å²) in [6, 6.07) is 14.3. The molecule has 0 aromatic heterocycles. The van der Waals surface area contributed by atoms with Gasteiger partial charge in [0.25, 0.3) is 11.4 Å². The molecule has 2 aromatic carbocycles. The maximum atomic E-state index is 10.4. The smallest absolute Gasteiger partial charge is 0.258 e. The molecule has 0 amide bonds. The lowest BCUT2D eigenvalue weighted by molar-refractivity contribution is -0.385. The molecular weight excluding hydrogens is 340 g/mol. The number of nitriles is 4. The number of hydrogen-bond acceptors (Lipinski definition) is 8. The Labute approximate surface area is 146 Å². The minimum absolute atomic E-state index is 0.0247. The predicted molar refractivity (Wildman–Crippen MR) is 85.1 cm³/mol. The van der Waals surface area contributed by atoms with Crippen LogP contribution in [0.3, 0.4) is 0 Å². The van der Waals surface area contributed by atoms with E-state index in [2.05, 4.69) is 0 Å². The van der Waals surface area contributed by atoms with Crippen LogP contribution in [0.15, 0.2) is 36.4 Å². The molecule has 0 spiro atoms. The van der Waals surface area contributed by atoms with Crippen LogP contribution in [-0.4, -0.2) is 9.85 Å². The lowest BCUT2D eigenvalue weighted by atomic mass is 10.1. The third-order valence-electron chi connectivity index (χ3n) is 2.93. The molecule has 2 rings (SSSR count). The van der Waals surface area contributed by atoms with Crippen LogP contribution in [0.25, 0.3) is 0 Å². The molecule has 0 atom stereocenters. The summed E-state index contributed by atoms with van der Waals surface area (Å²) in [7, 11) is 0. The van der Waals surface area contributed by atoms with Gasteiger partial charge in [-0.3, -0.25) is 20.2 Å². The molecule has 2 aromatic rings. The van der Waals surface area contributed by atoms with Gasteiger partial charge in [-0.25, -0.2) is 0 Å². The Hall–Kier alpha value is -4.80. The van der Waals surface area contributed by atoms with Crippen molar-refractivity contribution < 1.29 is 9.85 Å². The first kappa shape index (κ1) is 19.2. The van der Waals surface area contributed by atoms with Gasteiger partial charge in [0, 0.05) is 18.2 Å². The first-order valence-electron chi connectivity index (χ1n) is 6.55. The second-order valence-electron chi connectivity index (χ2n) is 4.39. The van der Waals surface area contributed by atoms with E-state index in [9.17, 15) is 20.2 Å². The highest BCUT2D eigenvalue weighted by Crippen LogP contribution is 2.20. The molecule has 10 heteroatoms. The second kappa shape index (κ2) is 8.73. The van der Waals surface area contributed by atoms with Crippen molar-refractivity contribution in [3.05, 3.63) is 78.9 Å². The quantitative estimate of drug-likeness (QED) is 0.587. The number of rotatable bonds is 2. The number of nitro benzene ring substituents is 2. The van der Waals surface area contributed by atoms with E-state index in [0.717, 1.165) is 6.07 Å². The third-order valence-corrected chi connectivity index (χ3v) is 2.93. The van der Waals surface area contributed by atoms with Crippen LogP contribution < -0.4 is 0 Å². The first-order chi connectivity index (χ1) is 12.4. The van der Waals surface area contributed by atoms with Crippen molar-refractivity contribution >= 4 is 11.4 Å². The van der Waals surface area contributed by atoms with Gasteiger partial charge in [-0.2, -0.15) is 21.0 Å². The Morgan fingerprint density at radius 3 is 1.81 bits per heavy atom. The molecule has 0 saturated heterocycles. The monoisotopic (exact) mass is 346 g/mol. The zero-order valence-corrected chi connectivity index (χ0v) is 12.8. The van der Waals surface area contributed by atoms with E-state index in [1.165, 1.54) is 30.3 Å². The summed E-state index contributed by atoms with van der Waals surface area (Å²) in [4.78, 5) is 19.4. The summed E-state index contributed by atoms with van der Waals surface area (Å²) in [5.41, 5.74) is -0.506. The summed E-state index contributed by atoms with van der Waals surface area (Å²) < 4.78 is 0. The van der Waals surface area contributed by atoms with Gasteiger partial charge < -0.3 is 0 Å². The standard InChI is InChI=1S/2C8H3N3O2/c9-4-6-1-2-8(11(12)13)3-7(6)5-10;9-4-6-2-1-3-8(11(12)13)7(6)5-10/h2*1-3H. The van der Waals surface area contributed by atoms with Crippen LogP contribution in [0, 0.1) is 65.6 Å². The van der Waals surface area contributed by atoms with Crippen LogP contribution >= 0.6 is 0 Å². The van der Waals surface area contributed by atoms with Crippen molar-refractivity contribution in [2.75, 3.05) is 0 Å². The SMILES string of the molecule is N#Cc1ccc([N+](=O)[O-])cc1C#N.N#Cc1cccc([N+](=O)[O-])c1C#N. The molecule has 0 aliphatic carbocycles. The van der Waals surface area contributed by atoms with E-state index in [-0.39, 0.29) is 33.6 Å². The summed E-state index contributed by atoms with van der Waals surface area (Å²) >= 11 is 0. The van der Waals surface area contributed by atoms with E-state index in [4.69, 9.17) is 21.0 Å². The Morgan fingerprint density at radius 2 is 1.35 bits per heavy atom. The van der Waals surface area contributed by atoms with Crippen molar-refractivity contribution in [3.8, 4) is 24.3 Å². The van der Waals surface area contributed by atoms with Gasteiger partial charge in [-0.15, -0.1) is 0 Å². The van der Waals surface area contributed by atoms with E-state index < -0.39 is 9.85 Å². The molecule has 0 fully saturated rings. The Morgan fingerprint density at radius 1 is 0.731 bits per heavy atom. The Kier molecular flexibility index (Phi) is 6.47. The highest BCUT2D eigenvalue weighted by atomic mass is 16.6. The van der Waals surface area contributed by atoms with Gasteiger partial charge in [0.1, 0.15) is 29.8 Å². The first-order valence-corrected chi connectivity index (χ1v) is 6.55. The molecule has 0 aliphatic heterocycles. The fourth-order valence-corrected chi connectivity index (χ4v) is 1.74. The molecule has 0 radical (unpaired) electrons. The van der Waals surface area contributed by atoms with Crippen LogP contribution in [0.2, 0.25) is 0 Å². The van der Waals surface area contributed by atoms with Crippen molar-refractivity contribution in [1.82, 2.24) is 0 Å². The predicted octanol–water partition coefficient (Wildman–Crippen LogP) is 2.68. The number of nitro groups is 2. The molecule has 0 saturated carbocycles. The largest absolute Gasteiger partial charge is 0.288 e. The molecule has 124 valence electrons. The van der Waals surface area contributed by atoms with Crippen LogP contribution in [0.4, 0.5) is 11.4 Å². The summed E-state index contributed by atoms with van der Waals surface area (Å²) in [6.45, 7) is 0. The fourth-order valence-electron chi connectivity index (χ4n) is 1.74. The normalized spacial score (nSPS) is 8.46. The minimum Gasteiger partial charge on any atom is -0.258 e.